The van der Waals surface area contributed by atoms with Gasteiger partial charge in [0.2, 0.25) is 0 Å². The molecule has 2 aromatic rings. The summed E-state index contributed by atoms with van der Waals surface area (Å²) in [7, 11) is 1.52. The van der Waals surface area contributed by atoms with Crippen molar-refractivity contribution in [3.8, 4) is 11.5 Å². The number of rotatable bonds is 7. The first-order chi connectivity index (χ1) is 13.9. The van der Waals surface area contributed by atoms with Crippen LogP contribution < -0.4 is 14.8 Å². The van der Waals surface area contributed by atoms with E-state index >= 15 is 0 Å². The van der Waals surface area contributed by atoms with E-state index in [9.17, 15) is 9.59 Å². The van der Waals surface area contributed by atoms with E-state index in [4.69, 9.17) is 21.1 Å². The molecular weight excluding hydrogens is 507 g/mol. The number of nitrogens with zero attached hydrogens (tertiary/aromatic N) is 1. The second-order valence-electron chi connectivity index (χ2n) is 6.39. The van der Waals surface area contributed by atoms with Crippen LogP contribution in [0.15, 0.2) is 42.1 Å². The molecule has 3 amide bonds. The standard InChI is InChI=1S/C21H20ClIN2O4/c1-3-8-25-20(26)17(24-21(25)27)10-14-9-16(22)19(18(11-14)28-2)29-12-13-4-6-15(23)7-5-13/h4-7,9-11H,3,8,12H2,1-2H3,(H,24,27)/b17-10+. The molecule has 3 rings (SSSR count). The molecule has 0 atom stereocenters. The van der Waals surface area contributed by atoms with Crippen LogP contribution in [0.25, 0.3) is 6.08 Å². The molecule has 1 aliphatic heterocycles. The topological polar surface area (TPSA) is 67.9 Å². The third kappa shape index (κ3) is 5.02. The molecule has 0 aliphatic carbocycles. The van der Waals surface area contributed by atoms with Crippen LogP contribution in [-0.2, 0) is 11.4 Å². The van der Waals surface area contributed by atoms with Crippen molar-refractivity contribution in [1.29, 1.82) is 0 Å². The second kappa shape index (κ2) is 9.49. The van der Waals surface area contributed by atoms with Crippen molar-refractivity contribution in [2.45, 2.75) is 20.0 Å². The molecule has 6 nitrogen and oxygen atoms in total. The fourth-order valence-electron chi connectivity index (χ4n) is 2.86. The van der Waals surface area contributed by atoms with Gasteiger partial charge in [0.25, 0.3) is 5.91 Å². The summed E-state index contributed by atoms with van der Waals surface area (Å²) in [5.41, 5.74) is 1.83. The Morgan fingerprint density at radius 3 is 2.59 bits per heavy atom. The lowest BCUT2D eigenvalue weighted by Gasteiger charge is -2.14. The highest BCUT2D eigenvalue weighted by Crippen LogP contribution is 2.37. The SMILES string of the molecule is CCCN1C(=O)N/C(=C/c2cc(Cl)c(OCc3ccc(I)cc3)c(OC)c2)C1=O. The maximum atomic E-state index is 12.4. The van der Waals surface area contributed by atoms with Crippen LogP contribution in [0.1, 0.15) is 24.5 Å². The highest BCUT2D eigenvalue weighted by atomic mass is 127. The number of nitrogens with one attached hydrogen (secondary N) is 1. The number of halogens is 2. The molecule has 0 spiro atoms. The van der Waals surface area contributed by atoms with E-state index in [1.54, 1.807) is 18.2 Å². The average molecular weight is 527 g/mol. The van der Waals surface area contributed by atoms with Crippen LogP contribution in [0.3, 0.4) is 0 Å². The van der Waals surface area contributed by atoms with Crippen molar-refractivity contribution in [3.63, 3.8) is 0 Å². The quantitative estimate of drug-likeness (QED) is 0.319. The van der Waals surface area contributed by atoms with Crippen molar-refractivity contribution in [2.24, 2.45) is 0 Å². The lowest BCUT2D eigenvalue weighted by molar-refractivity contribution is -0.122. The van der Waals surface area contributed by atoms with Gasteiger partial charge in [0.15, 0.2) is 11.5 Å². The summed E-state index contributed by atoms with van der Waals surface area (Å²) >= 11 is 8.66. The molecule has 29 heavy (non-hydrogen) atoms. The number of carbonyl (C=O) groups is 2. The summed E-state index contributed by atoms with van der Waals surface area (Å²) in [6.45, 7) is 2.62. The number of carbonyl (C=O) groups excluding carboxylic acids is 2. The predicted molar refractivity (Wildman–Crippen MR) is 120 cm³/mol. The smallest absolute Gasteiger partial charge is 0.329 e. The van der Waals surface area contributed by atoms with Crippen molar-refractivity contribution in [1.82, 2.24) is 10.2 Å². The van der Waals surface area contributed by atoms with Gasteiger partial charge in [-0.2, -0.15) is 0 Å². The Kier molecular flexibility index (Phi) is 7.02. The highest BCUT2D eigenvalue weighted by molar-refractivity contribution is 14.1. The van der Waals surface area contributed by atoms with Gasteiger partial charge in [0.1, 0.15) is 12.3 Å². The van der Waals surface area contributed by atoms with Crippen LogP contribution in [0, 0.1) is 3.57 Å². The van der Waals surface area contributed by atoms with E-state index in [2.05, 4.69) is 27.9 Å². The van der Waals surface area contributed by atoms with E-state index in [0.29, 0.717) is 41.7 Å². The maximum Gasteiger partial charge on any atom is 0.329 e. The molecule has 1 aliphatic rings. The molecule has 2 aromatic carbocycles. The van der Waals surface area contributed by atoms with Gasteiger partial charge in [0, 0.05) is 10.1 Å². The first kappa shape index (κ1) is 21.4. The number of hydrogen-bond donors (Lipinski definition) is 1. The minimum Gasteiger partial charge on any atom is -0.493 e. The van der Waals surface area contributed by atoms with Crippen LogP contribution in [0.4, 0.5) is 4.79 Å². The molecule has 8 heteroatoms. The van der Waals surface area contributed by atoms with Gasteiger partial charge in [-0.3, -0.25) is 9.69 Å². The van der Waals surface area contributed by atoms with Crippen LogP contribution in [0.5, 0.6) is 11.5 Å². The minimum atomic E-state index is -0.418. The molecule has 152 valence electrons. The number of benzene rings is 2. The fourth-order valence-corrected chi connectivity index (χ4v) is 3.50. The molecule has 1 saturated heterocycles. The van der Waals surface area contributed by atoms with E-state index in [1.807, 2.05) is 31.2 Å². The maximum absolute atomic E-state index is 12.4. The number of ether oxygens (including phenoxy) is 2. The first-order valence-electron chi connectivity index (χ1n) is 9.02. The van der Waals surface area contributed by atoms with Gasteiger partial charge < -0.3 is 14.8 Å². The van der Waals surface area contributed by atoms with Crippen molar-refractivity contribution in [3.05, 3.63) is 61.8 Å². The van der Waals surface area contributed by atoms with E-state index < -0.39 is 6.03 Å². The highest BCUT2D eigenvalue weighted by Gasteiger charge is 2.32. The molecule has 0 radical (unpaired) electrons. The number of methoxy groups -OCH3 is 1. The van der Waals surface area contributed by atoms with Gasteiger partial charge in [-0.15, -0.1) is 0 Å². The Morgan fingerprint density at radius 1 is 1.21 bits per heavy atom. The van der Waals surface area contributed by atoms with Crippen molar-refractivity contribution in [2.75, 3.05) is 13.7 Å². The molecule has 0 aromatic heterocycles. The average Bonchev–Trinajstić information content (AvgIpc) is 2.96. The molecule has 1 heterocycles. The number of imide groups is 1. The molecule has 1 N–H and O–H groups in total. The first-order valence-corrected chi connectivity index (χ1v) is 10.5. The molecular formula is C21H20ClIN2O4. The Morgan fingerprint density at radius 2 is 1.93 bits per heavy atom. The van der Waals surface area contributed by atoms with E-state index in [1.165, 1.54) is 12.0 Å². The molecule has 0 saturated carbocycles. The zero-order valence-corrected chi connectivity index (χ0v) is 18.9. The van der Waals surface area contributed by atoms with Crippen LogP contribution >= 0.6 is 34.2 Å². The normalized spacial score (nSPS) is 15.0. The summed E-state index contributed by atoms with van der Waals surface area (Å²) in [6.07, 6.45) is 2.27. The molecule has 0 unspecified atom stereocenters. The zero-order valence-electron chi connectivity index (χ0n) is 16.0. The number of amides is 3. The van der Waals surface area contributed by atoms with E-state index in [0.717, 1.165) is 9.13 Å². The summed E-state index contributed by atoms with van der Waals surface area (Å²) in [4.78, 5) is 25.5. The summed E-state index contributed by atoms with van der Waals surface area (Å²) < 4.78 is 12.4. The lowest BCUT2D eigenvalue weighted by Crippen LogP contribution is -2.31. The molecule has 0 bridgehead atoms. The number of urea groups is 1. The van der Waals surface area contributed by atoms with Gasteiger partial charge in [-0.1, -0.05) is 30.7 Å². The predicted octanol–water partition coefficient (Wildman–Crippen LogP) is 4.83. The zero-order chi connectivity index (χ0) is 21.0. The Hall–Kier alpha value is -2.26. The third-order valence-corrected chi connectivity index (χ3v) is 5.27. The fraction of sp³-hybridized carbons (Fsp3) is 0.238. The summed E-state index contributed by atoms with van der Waals surface area (Å²) in [5, 5.41) is 2.94. The minimum absolute atomic E-state index is 0.203. The number of hydrogen-bond acceptors (Lipinski definition) is 4. The van der Waals surface area contributed by atoms with Crippen LogP contribution in [0.2, 0.25) is 5.02 Å². The van der Waals surface area contributed by atoms with Gasteiger partial charge in [0.05, 0.1) is 12.1 Å². The Bertz CT molecular complexity index is 960. The summed E-state index contributed by atoms with van der Waals surface area (Å²) in [5.74, 6) is 0.507. The lowest BCUT2D eigenvalue weighted by atomic mass is 10.1. The molecule has 1 fully saturated rings. The summed E-state index contributed by atoms with van der Waals surface area (Å²) in [6, 6.07) is 10.9. The van der Waals surface area contributed by atoms with Gasteiger partial charge in [-0.05, 0) is 70.5 Å². The largest absolute Gasteiger partial charge is 0.493 e. The van der Waals surface area contributed by atoms with E-state index in [-0.39, 0.29) is 11.6 Å². The Balaban J connectivity index is 1.82. The third-order valence-electron chi connectivity index (χ3n) is 4.27. The Labute approximate surface area is 188 Å². The monoisotopic (exact) mass is 526 g/mol. The van der Waals surface area contributed by atoms with Crippen LogP contribution in [-0.4, -0.2) is 30.5 Å². The van der Waals surface area contributed by atoms with Crippen molar-refractivity contribution < 1.29 is 19.1 Å². The van der Waals surface area contributed by atoms with Crippen molar-refractivity contribution >= 4 is 52.2 Å². The second-order valence-corrected chi connectivity index (χ2v) is 8.05. The van der Waals surface area contributed by atoms with Gasteiger partial charge >= 0.3 is 6.03 Å². The van der Waals surface area contributed by atoms with Gasteiger partial charge in [-0.25, -0.2) is 4.79 Å².